The van der Waals surface area contributed by atoms with Crippen molar-refractivity contribution in [1.82, 2.24) is 10.6 Å². The molecular formula is C21H25F2IN4O4. The fourth-order valence-corrected chi connectivity index (χ4v) is 2.95. The second-order valence-corrected chi connectivity index (χ2v) is 6.57. The standard InChI is InChI=1S/C21H24F2N4O4.HI/c1-3-13-5-4-6-15(7-13)27-19(28)11-26-21(24-2)25-10-14-8-17-18(30-12-29-17)9-16(14)31-20(22)23;/h4-9,20H,3,10-12H2,1-2H3,(H,27,28)(H2,24,25,26);1H. The highest BCUT2D eigenvalue weighted by atomic mass is 127. The molecule has 2 aromatic rings. The Hall–Kier alpha value is -2.83. The number of guanidine groups is 1. The molecule has 0 atom stereocenters. The number of aliphatic imine (C=N–C) groups is 1. The van der Waals surface area contributed by atoms with E-state index in [4.69, 9.17) is 9.47 Å². The number of nitrogens with zero attached hydrogens (tertiary/aromatic N) is 1. The van der Waals surface area contributed by atoms with Crippen LogP contribution in [0.1, 0.15) is 18.1 Å². The quantitative estimate of drug-likeness (QED) is 0.259. The Kier molecular flexibility index (Phi) is 9.75. The number of hydrogen-bond acceptors (Lipinski definition) is 5. The minimum absolute atomic E-state index is 0. The third kappa shape index (κ3) is 7.11. The van der Waals surface area contributed by atoms with Crippen molar-refractivity contribution in [3.63, 3.8) is 0 Å². The largest absolute Gasteiger partial charge is 0.454 e. The third-order valence-electron chi connectivity index (χ3n) is 4.48. The zero-order valence-corrected chi connectivity index (χ0v) is 19.9. The summed E-state index contributed by atoms with van der Waals surface area (Å²) in [6.45, 7) is -0.849. The number of benzene rings is 2. The zero-order chi connectivity index (χ0) is 22.2. The van der Waals surface area contributed by atoms with Crippen molar-refractivity contribution in [2.24, 2.45) is 4.99 Å². The molecule has 0 unspecified atom stereocenters. The summed E-state index contributed by atoms with van der Waals surface area (Å²) in [5.74, 6) is 0.815. The number of ether oxygens (including phenoxy) is 3. The molecule has 0 bridgehead atoms. The maximum absolute atomic E-state index is 12.8. The van der Waals surface area contributed by atoms with Crippen LogP contribution in [-0.4, -0.2) is 38.9 Å². The van der Waals surface area contributed by atoms with Crippen LogP contribution < -0.4 is 30.2 Å². The van der Waals surface area contributed by atoms with Crippen molar-refractivity contribution in [2.45, 2.75) is 26.5 Å². The Labute approximate surface area is 201 Å². The molecule has 3 rings (SSSR count). The molecule has 0 saturated carbocycles. The van der Waals surface area contributed by atoms with Crippen molar-refractivity contribution in [3.05, 3.63) is 47.5 Å². The van der Waals surface area contributed by atoms with Crippen LogP contribution in [0, 0.1) is 0 Å². The number of carbonyl (C=O) groups is 1. The first-order chi connectivity index (χ1) is 15.0. The highest BCUT2D eigenvalue weighted by Crippen LogP contribution is 2.38. The lowest BCUT2D eigenvalue weighted by Crippen LogP contribution is -2.41. The van der Waals surface area contributed by atoms with Gasteiger partial charge >= 0.3 is 6.61 Å². The minimum atomic E-state index is -2.98. The van der Waals surface area contributed by atoms with Gasteiger partial charge in [0.05, 0.1) is 6.54 Å². The number of halogens is 3. The summed E-state index contributed by atoms with van der Waals surface area (Å²) in [4.78, 5) is 16.3. The van der Waals surface area contributed by atoms with E-state index in [9.17, 15) is 13.6 Å². The number of anilines is 1. The lowest BCUT2D eigenvalue weighted by atomic mass is 10.1. The van der Waals surface area contributed by atoms with Crippen molar-refractivity contribution < 1.29 is 27.8 Å². The minimum Gasteiger partial charge on any atom is -0.454 e. The molecule has 1 heterocycles. The molecular weight excluding hydrogens is 537 g/mol. The molecule has 1 amide bonds. The van der Waals surface area contributed by atoms with Crippen LogP contribution >= 0.6 is 24.0 Å². The number of alkyl halides is 2. The number of amides is 1. The number of fused-ring (bicyclic) bond motifs is 1. The average Bonchev–Trinajstić information content (AvgIpc) is 3.20. The van der Waals surface area contributed by atoms with E-state index in [-0.39, 0.29) is 55.5 Å². The van der Waals surface area contributed by atoms with Gasteiger partial charge in [0.2, 0.25) is 12.7 Å². The highest BCUT2D eigenvalue weighted by Gasteiger charge is 2.20. The van der Waals surface area contributed by atoms with E-state index in [2.05, 4.69) is 25.7 Å². The number of carbonyl (C=O) groups excluding carboxylic acids is 1. The molecule has 174 valence electrons. The van der Waals surface area contributed by atoms with Gasteiger partial charge in [0, 0.05) is 30.9 Å². The Morgan fingerprint density at radius 3 is 2.62 bits per heavy atom. The summed E-state index contributed by atoms with van der Waals surface area (Å²) in [6.07, 6.45) is 0.871. The van der Waals surface area contributed by atoms with Gasteiger partial charge in [0.15, 0.2) is 17.5 Å². The molecule has 2 aromatic carbocycles. The van der Waals surface area contributed by atoms with E-state index in [1.165, 1.54) is 13.1 Å². The van der Waals surface area contributed by atoms with Gasteiger partial charge in [-0.2, -0.15) is 8.78 Å². The van der Waals surface area contributed by atoms with Crippen molar-refractivity contribution >= 4 is 41.5 Å². The Morgan fingerprint density at radius 1 is 1.19 bits per heavy atom. The van der Waals surface area contributed by atoms with E-state index < -0.39 is 6.61 Å². The van der Waals surface area contributed by atoms with E-state index in [0.717, 1.165) is 12.0 Å². The summed E-state index contributed by atoms with van der Waals surface area (Å²) in [5, 5.41) is 8.66. The van der Waals surface area contributed by atoms with Crippen LogP contribution in [0.2, 0.25) is 0 Å². The molecule has 0 fully saturated rings. The van der Waals surface area contributed by atoms with Crippen molar-refractivity contribution in [1.29, 1.82) is 0 Å². The molecule has 1 aliphatic heterocycles. The summed E-state index contributed by atoms with van der Waals surface area (Å²) in [7, 11) is 1.54. The fourth-order valence-electron chi connectivity index (χ4n) is 2.95. The molecule has 1 aliphatic rings. The Morgan fingerprint density at radius 2 is 1.94 bits per heavy atom. The third-order valence-corrected chi connectivity index (χ3v) is 4.48. The van der Waals surface area contributed by atoms with Gasteiger partial charge in [-0.15, -0.1) is 24.0 Å². The van der Waals surface area contributed by atoms with Crippen LogP contribution in [0.25, 0.3) is 0 Å². The second-order valence-electron chi connectivity index (χ2n) is 6.57. The molecule has 0 aliphatic carbocycles. The maximum Gasteiger partial charge on any atom is 0.387 e. The van der Waals surface area contributed by atoms with Crippen LogP contribution in [-0.2, 0) is 17.8 Å². The van der Waals surface area contributed by atoms with Gasteiger partial charge in [-0.3, -0.25) is 9.79 Å². The summed E-state index contributed by atoms with van der Waals surface area (Å²) in [6, 6.07) is 10.5. The van der Waals surface area contributed by atoms with Crippen LogP contribution in [0.15, 0.2) is 41.4 Å². The number of aryl methyl sites for hydroxylation is 1. The fraction of sp³-hybridized carbons (Fsp3) is 0.333. The monoisotopic (exact) mass is 562 g/mol. The van der Waals surface area contributed by atoms with Gasteiger partial charge in [-0.1, -0.05) is 19.1 Å². The number of nitrogens with one attached hydrogen (secondary N) is 3. The summed E-state index contributed by atoms with van der Waals surface area (Å²) >= 11 is 0. The predicted molar refractivity (Wildman–Crippen MR) is 127 cm³/mol. The van der Waals surface area contributed by atoms with Crippen LogP contribution in [0.3, 0.4) is 0 Å². The summed E-state index contributed by atoms with van der Waals surface area (Å²) < 4.78 is 40.6. The molecule has 0 aromatic heterocycles. The first-order valence-corrected chi connectivity index (χ1v) is 9.69. The topological polar surface area (TPSA) is 93.2 Å². The number of hydrogen-bond donors (Lipinski definition) is 3. The lowest BCUT2D eigenvalue weighted by molar-refractivity contribution is -0.115. The van der Waals surface area contributed by atoms with Gasteiger partial charge in [-0.25, -0.2) is 0 Å². The molecule has 3 N–H and O–H groups in total. The Balaban J connectivity index is 0.00000363. The first-order valence-electron chi connectivity index (χ1n) is 9.69. The molecule has 0 spiro atoms. The second kappa shape index (κ2) is 12.3. The first kappa shape index (κ1) is 25.4. The van der Waals surface area contributed by atoms with E-state index in [1.807, 2.05) is 31.2 Å². The number of rotatable bonds is 8. The van der Waals surface area contributed by atoms with Gasteiger partial charge in [-0.05, 0) is 30.2 Å². The smallest absolute Gasteiger partial charge is 0.387 e. The molecule has 11 heteroatoms. The van der Waals surface area contributed by atoms with Crippen molar-refractivity contribution in [2.75, 3.05) is 25.7 Å². The maximum atomic E-state index is 12.8. The predicted octanol–water partition coefficient (Wildman–Crippen LogP) is 3.50. The van der Waals surface area contributed by atoms with E-state index in [0.29, 0.717) is 28.7 Å². The molecule has 8 nitrogen and oxygen atoms in total. The molecule has 32 heavy (non-hydrogen) atoms. The van der Waals surface area contributed by atoms with Crippen LogP contribution in [0.5, 0.6) is 17.2 Å². The molecule has 0 radical (unpaired) electrons. The summed E-state index contributed by atoms with van der Waals surface area (Å²) in [5.41, 5.74) is 2.25. The average molecular weight is 562 g/mol. The van der Waals surface area contributed by atoms with Gasteiger partial charge in [0.1, 0.15) is 5.75 Å². The van der Waals surface area contributed by atoms with Crippen LogP contribution in [0.4, 0.5) is 14.5 Å². The zero-order valence-electron chi connectivity index (χ0n) is 17.6. The Bertz CT molecular complexity index is 959. The highest BCUT2D eigenvalue weighted by molar-refractivity contribution is 14.0. The normalized spacial score (nSPS) is 12.2. The van der Waals surface area contributed by atoms with E-state index in [1.54, 1.807) is 6.07 Å². The SMILES string of the molecule is CCc1cccc(NC(=O)CNC(=NC)NCc2cc3c(cc2OC(F)F)OCO3)c1.I. The van der Waals surface area contributed by atoms with Gasteiger partial charge < -0.3 is 30.2 Å². The van der Waals surface area contributed by atoms with Crippen molar-refractivity contribution in [3.8, 4) is 17.2 Å². The molecule has 0 saturated heterocycles. The van der Waals surface area contributed by atoms with Gasteiger partial charge in [0.25, 0.3) is 0 Å². The lowest BCUT2D eigenvalue weighted by Gasteiger charge is -2.15. The van der Waals surface area contributed by atoms with E-state index >= 15 is 0 Å².